The third-order valence-electron chi connectivity index (χ3n) is 3.86. The Hall–Kier alpha value is -2.16. The summed E-state index contributed by atoms with van der Waals surface area (Å²) < 4.78 is 34.0. The average Bonchev–Trinajstić information content (AvgIpc) is 2.49. The molecule has 0 saturated carbocycles. The molecular weight excluding hydrogens is 282 g/mol. The Morgan fingerprint density at radius 2 is 1.55 bits per heavy atom. The summed E-state index contributed by atoms with van der Waals surface area (Å²) in [5, 5.41) is 2.37. The Morgan fingerprint density at radius 3 is 2.32 bits per heavy atom. The molecule has 3 aromatic carbocycles. The summed E-state index contributed by atoms with van der Waals surface area (Å²) in [6, 6.07) is 11.5. The van der Waals surface area contributed by atoms with Crippen molar-refractivity contribution >= 4 is 21.5 Å². The summed E-state index contributed by atoms with van der Waals surface area (Å²) in [5.74, 6) is 0.0869. The molecule has 0 aromatic heterocycles. The third-order valence-corrected chi connectivity index (χ3v) is 3.86. The Bertz CT molecular complexity index is 824. The topological polar surface area (TPSA) is 9.23 Å². The smallest absolute Gasteiger partial charge is 0.172 e. The number of fused-ring (bicyclic) bond motifs is 3. The van der Waals surface area contributed by atoms with Crippen LogP contribution in [0, 0.1) is 17.6 Å². The van der Waals surface area contributed by atoms with Crippen LogP contribution >= 0.6 is 0 Å². The van der Waals surface area contributed by atoms with E-state index < -0.39 is 0 Å². The number of benzene rings is 3. The maximum atomic E-state index is 14.6. The van der Waals surface area contributed by atoms with Crippen LogP contribution in [-0.2, 0) is 0 Å². The molecule has 0 fully saturated rings. The Morgan fingerprint density at radius 1 is 0.864 bits per heavy atom. The van der Waals surface area contributed by atoms with Gasteiger partial charge in [-0.1, -0.05) is 38.1 Å². The van der Waals surface area contributed by atoms with E-state index in [-0.39, 0.29) is 17.4 Å². The summed E-state index contributed by atoms with van der Waals surface area (Å²) in [6.07, 6.45) is 0.875. The maximum Gasteiger partial charge on any atom is 0.172 e. The summed E-state index contributed by atoms with van der Waals surface area (Å²) in [5.41, 5.74) is 0. The molecular formula is C19H18F2O. The highest BCUT2D eigenvalue weighted by Crippen LogP contribution is 2.32. The minimum Gasteiger partial charge on any atom is -0.490 e. The molecule has 0 unspecified atom stereocenters. The SMILES string of the molecule is CC(C)CCOc1ccc2c(ccc3c(F)cccc32)c1F. The lowest BCUT2D eigenvalue weighted by Crippen LogP contribution is -2.03. The van der Waals surface area contributed by atoms with E-state index in [4.69, 9.17) is 4.74 Å². The fourth-order valence-corrected chi connectivity index (χ4v) is 2.59. The highest BCUT2D eigenvalue weighted by molar-refractivity contribution is 6.08. The molecule has 0 amide bonds. The van der Waals surface area contributed by atoms with Crippen molar-refractivity contribution in [1.82, 2.24) is 0 Å². The van der Waals surface area contributed by atoms with E-state index in [0.717, 1.165) is 6.42 Å². The second kappa shape index (κ2) is 5.91. The Kier molecular flexibility index (Phi) is 3.97. The Balaban J connectivity index is 2.06. The summed E-state index contributed by atoms with van der Waals surface area (Å²) in [6.45, 7) is 4.68. The van der Waals surface area contributed by atoms with Gasteiger partial charge in [0.05, 0.1) is 6.61 Å². The summed E-state index contributed by atoms with van der Waals surface area (Å²) in [4.78, 5) is 0. The second-order valence-corrected chi connectivity index (χ2v) is 5.90. The van der Waals surface area contributed by atoms with Crippen molar-refractivity contribution in [2.45, 2.75) is 20.3 Å². The molecule has 0 heterocycles. The molecule has 0 radical (unpaired) electrons. The quantitative estimate of drug-likeness (QED) is 0.562. The zero-order chi connectivity index (χ0) is 15.7. The van der Waals surface area contributed by atoms with E-state index in [0.29, 0.717) is 34.1 Å². The van der Waals surface area contributed by atoms with Crippen LogP contribution in [-0.4, -0.2) is 6.61 Å². The molecule has 3 aromatic rings. The first-order valence-corrected chi connectivity index (χ1v) is 7.50. The molecule has 0 N–H and O–H groups in total. The zero-order valence-electron chi connectivity index (χ0n) is 12.7. The molecule has 0 aliphatic rings. The van der Waals surface area contributed by atoms with Crippen LogP contribution in [0.15, 0.2) is 42.5 Å². The fraction of sp³-hybridized carbons (Fsp3) is 0.263. The van der Waals surface area contributed by atoms with Gasteiger partial charge in [-0.05, 0) is 41.3 Å². The molecule has 0 spiro atoms. The summed E-state index contributed by atoms with van der Waals surface area (Å²) in [7, 11) is 0. The molecule has 22 heavy (non-hydrogen) atoms. The molecule has 114 valence electrons. The summed E-state index contributed by atoms with van der Waals surface area (Å²) >= 11 is 0. The van der Waals surface area contributed by atoms with Gasteiger partial charge in [-0.15, -0.1) is 0 Å². The minimum absolute atomic E-state index is 0.254. The number of halogens is 2. The fourth-order valence-electron chi connectivity index (χ4n) is 2.59. The Labute approximate surface area is 128 Å². The first-order chi connectivity index (χ1) is 10.6. The predicted molar refractivity (Wildman–Crippen MR) is 86.3 cm³/mol. The lowest BCUT2D eigenvalue weighted by Gasteiger charge is -2.11. The van der Waals surface area contributed by atoms with E-state index in [1.165, 1.54) is 6.07 Å². The highest BCUT2D eigenvalue weighted by Gasteiger charge is 2.12. The van der Waals surface area contributed by atoms with E-state index in [2.05, 4.69) is 13.8 Å². The molecule has 3 heteroatoms. The van der Waals surface area contributed by atoms with Gasteiger partial charge in [-0.25, -0.2) is 8.78 Å². The van der Waals surface area contributed by atoms with Crippen LogP contribution in [0.1, 0.15) is 20.3 Å². The molecule has 0 saturated heterocycles. The van der Waals surface area contributed by atoms with Crippen molar-refractivity contribution in [2.75, 3.05) is 6.61 Å². The highest BCUT2D eigenvalue weighted by atomic mass is 19.1. The van der Waals surface area contributed by atoms with E-state index in [1.54, 1.807) is 36.4 Å². The van der Waals surface area contributed by atoms with Gasteiger partial charge in [-0.2, -0.15) is 0 Å². The molecule has 0 atom stereocenters. The van der Waals surface area contributed by atoms with Crippen LogP contribution < -0.4 is 4.74 Å². The predicted octanol–water partition coefficient (Wildman–Crippen LogP) is 5.70. The van der Waals surface area contributed by atoms with Crippen LogP contribution in [0.4, 0.5) is 8.78 Å². The lowest BCUT2D eigenvalue weighted by molar-refractivity contribution is 0.278. The number of hydrogen-bond acceptors (Lipinski definition) is 1. The van der Waals surface area contributed by atoms with Gasteiger partial charge in [0.25, 0.3) is 0 Å². The lowest BCUT2D eigenvalue weighted by atomic mass is 10.0. The van der Waals surface area contributed by atoms with E-state index >= 15 is 0 Å². The van der Waals surface area contributed by atoms with Gasteiger partial charge >= 0.3 is 0 Å². The van der Waals surface area contributed by atoms with Crippen molar-refractivity contribution in [3.63, 3.8) is 0 Å². The van der Waals surface area contributed by atoms with Gasteiger partial charge in [-0.3, -0.25) is 0 Å². The van der Waals surface area contributed by atoms with Crippen molar-refractivity contribution < 1.29 is 13.5 Å². The van der Waals surface area contributed by atoms with Gasteiger partial charge in [0, 0.05) is 10.8 Å². The van der Waals surface area contributed by atoms with E-state index in [9.17, 15) is 8.78 Å². The second-order valence-electron chi connectivity index (χ2n) is 5.90. The zero-order valence-corrected chi connectivity index (χ0v) is 12.7. The molecule has 0 aliphatic heterocycles. The number of hydrogen-bond donors (Lipinski definition) is 0. The third kappa shape index (κ3) is 2.63. The average molecular weight is 300 g/mol. The van der Waals surface area contributed by atoms with Crippen LogP contribution in [0.2, 0.25) is 0 Å². The van der Waals surface area contributed by atoms with Crippen LogP contribution in [0.5, 0.6) is 5.75 Å². The van der Waals surface area contributed by atoms with E-state index in [1.807, 2.05) is 0 Å². The first-order valence-electron chi connectivity index (χ1n) is 7.50. The standard InChI is InChI=1S/C19H18F2O/c1-12(2)10-11-22-18-9-8-14-13-4-3-5-17(20)15(13)6-7-16(14)19(18)21/h3-9,12H,10-11H2,1-2H3. The number of ether oxygens (including phenoxy) is 1. The minimum atomic E-state index is -0.382. The van der Waals surface area contributed by atoms with Gasteiger partial charge < -0.3 is 4.74 Å². The van der Waals surface area contributed by atoms with Crippen molar-refractivity contribution in [3.05, 3.63) is 54.1 Å². The van der Waals surface area contributed by atoms with Crippen molar-refractivity contribution in [3.8, 4) is 5.75 Å². The van der Waals surface area contributed by atoms with Crippen LogP contribution in [0.3, 0.4) is 0 Å². The van der Waals surface area contributed by atoms with Crippen molar-refractivity contribution in [2.24, 2.45) is 5.92 Å². The van der Waals surface area contributed by atoms with Gasteiger partial charge in [0.15, 0.2) is 11.6 Å². The molecule has 3 rings (SSSR count). The van der Waals surface area contributed by atoms with Gasteiger partial charge in [0.1, 0.15) is 5.82 Å². The van der Waals surface area contributed by atoms with Crippen molar-refractivity contribution in [1.29, 1.82) is 0 Å². The number of rotatable bonds is 4. The van der Waals surface area contributed by atoms with Crippen LogP contribution in [0.25, 0.3) is 21.5 Å². The van der Waals surface area contributed by atoms with Gasteiger partial charge in [0.2, 0.25) is 0 Å². The molecule has 0 bridgehead atoms. The first kappa shape index (κ1) is 14.8. The molecule has 0 aliphatic carbocycles. The monoisotopic (exact) mass is 300 g/mol. The maximum absolute atomic E-state index is 14.6. The molecule has 1 nitrogen and oxygen atoms in total. The normalized spacial score (nSPS) is 11.5. The largest absolute Gasteiger partial charge is 0.490 e.